The first-order valence-electron chi connectivity index (χ1n) is 7.77. The topological polar surface area (TPSA) is 45.7 Å². The summed E-state index contributed by atoms with van der Waals surface area (Å²) in [7, 11) is 0. The number of carbonyl (C=O) groups excluding carboxylic acids is 1. The van der Waals surface area contributed by atoms with E-state index < -0.39 is 0 Å². The number of carbonyl (C=O) groups is 1. The minimum atomic E-state index is 0.121. The lowest BCUT2D eigenvalue weighted by molar-refractivity contribution is -0.134. The molecule has 0 bridgehead atoms. The monoisotopic (exact) mass is 307 g/mol. The van der Waals surface area contributed by atoms with Crippen molar-refractivity contribution in [1.82, 2.24) is 14.8 Å². The molecule has 4 heterocycles. The molecule has 3 saturated heterocycles. The summed E-state index contributed by atoms with van der Waals surface area (Å²) >= 11 is 1.73. The Morgan fingerprint density at radius 2 is 2.14 bits per heavy atom. The summed E-state index contributed by atoms with van der Waals surface area (Å²) in [5.41, 5.74) is 0. The molecule has 0 saturated carbocycles. The zero-order valence-corrected chi connectivity index (χ0v) is 12.9. The second kappa shape index (κ2) is 5.66. The molecule has 0 unspecified atom stereocenters. The molecule has 0 radical (unpaired) electrons. The minimum Gasteiger partial charge on any atom is -0.381 e. The minimum absolute atomic E-state index is 0.121. The van der Waals surface area contributed by atoms with Crippen LogP contribution in [0.3, 0.4) is 0 Å². The van der Waals surface area contributed by atoms with Gasteiger partial charge in [-0.15, -0.1) is 11.3 Å². The Bertz CT molecular complexity index is 487. The van der Waals surface area contributed by atoms with E-state index >= 15 is 0 Å². The SMILES string of the molecule is O=C([C@@H]1CCOC1)N1C[C@H]2CN(Cc3nccs3)C[C@H]2C1. The second-order valence-corrected chi connectivity index (χ2v) is 7.42. The predicted octanol–water partition coefficient (Wildman–Crippen LogP) is 1.07. The number of hydrogen-bond acceptors (Lipinski definition) is 5. The molecule has 21 heavy (non-hydrogen) atoms. The first-order valence-corrected chi connectivity index (χ1v) is 8.65. The molecule has 0 aromatic carbocycles. The number of aromatic nitrogens is 1. The van der Waals surface area contributed by atoms with Crippen molar-refractivity contribution in [3.8, 4) is 0 Å². The summed E-state index contributed by atoms with van der Waals surface area (Å²) in [4.78, 5) is 21.4. The van der Waals surface area contributed by atoms with Crippen LogP contribution in [0.1, 0.15) is 11.4 Å². The first-order chi connectivity index (χ1) is 10.3. The molecular weight excluding hydrogens is 286 g/mol. The highest BCUT2D eigenvalue weighted by Gasteiger charge is 2.43. The third-order valence-corrected chi connectivity index (χ3v) is 5.76. The zero-order chi connectivity index (χ0) is 14.2. The van der Waals surface area contributed by atoms with Gasteiger partial charge < -0.3 is 9.64 Å². The second-order valence-electron chi connectivity index (χ2n) is 6.44. The van der Waals surface area contributed by atoms with E-state index in [1.54, 1.807) is 11.3 Å². The Hall–Kier alpha value is -0.980. The number of rotatable bonds is 3. The van der Waals surface area contributed by atoms with E-state index in [1.807, 2.05) is 11.6 Å². The third-order valence-electron chi connectivity index (χ3n) is 4.99. The standard InChI is InChI=1S/C15H21N3O2S/c19-15(11-1-3-20-10-11)18-7-12-5-17(6-13(12)8-18)9-14-16-2-4-21-14/h2,4,11-13H,1,3,5-10H2/t11-,12-,13+/m1/s1. The molecule has 1 aromatic rings. The molecule has 3 aliphatic rings. The molecule has 3 fully saturated rings. The van der Waals surface area contributed by atoms with Crippen LogP contribution in [0.4, 0.5) is 0 Å². The van der Waals surface area contributed by atoms with Gasteiger partial charge in [0.1, 0.15) is 5.01 Å². The fraction of sp³-hybridized carbons (Fsp3) is 0.733. The number of nitrogens with zero attached hydrogens (tertiary/aromatic N) is 3. The Morgan fingerprint density at radius 3 is 2.76 bits per heavy atom. The van der Waals surface area contributed by atoms with Gasteiger partial charge in [0, 0.05) is 44.4 Å². The highest BCUT2D eigenvalue weighted by molar-refractivity contribution is 7.09. The highest BCUT2D eigenvalue weighted by Crippen LogP contribution is 2.33. The normalized spacial score (nSPS) is 32.8. The molecule has 1 amide bonds. The molecule has 114 valence electrons. The number of hydrogen-bond donors (Lipinski definition) is 0. The lowest BCUT2D eigenvalue weighted by Gasteiger charge is -2.23. The van der Waals surface area contributed by atoms with E-state index in [-0.39, 0.29) is 5.92 Å². The summed E-state index contributed by atoms with van der Waals surface area (Å²) in [6.45, 7) is 6.43. The van der Waals surface area contributed by atoms with Gasteiger partial charge in [0.25, 0.3) is 0 Å². The number of likely N-dealkylation sites (tertiary alicyclic amines) is 2. The molecule has 5 nitrogen and oxygen atoms in total. The van der Waals surface area contributed by atoms with Crippen LogP contribution in [0.2, 0.25) is 0 Å². The van der Waals surface area contributed by atoms with Gasteiger partial charge in [0.15, 0.2) is 0 Å². The Morgan fingerprint density at radius 1 is 1.33 bits per heavy atom. The molecule has 0 spiro atoms. The molecule has 3 aliphatic heterocycles. The summed E-state index contributed by atoms with van der Waals surface area (Å²) in [6, 6.07) is 0. The van der Waals surface area contributed by atoms with E-state index in [9.17, 15) is 4.79 Å². The number of amides is 1. The maximum atomic E-state index is 12.4. The molecule has 0 N–H and O–H groups in total. The molecular formula is C15H21N3O2S. The average Bonchev–Trinajstić information content (AvgIpc) is 3.23. The van der Waals surface area contributed by atoms with Crippen molar-refractivity contribution in [2.75, 3.05) is 39.4 Å². The first kappa shape index (κ1) is 13.7. The van der Waals surface area contributed by atoms with E-state index in [1.165, 1.54) is 5.01 Å². The van der Waals surface area contributed by atoms with E-state index in [0.717, 1.165) is 45.8 Å². The summed E-state index contributed by atoms with van der Waals surface area (Å²) < 4.78 is 5.35. The van der Waals surface area contributed by atoms with E-state index in [0.29, 0.717) is 24.3 Å². The van der Waals surface area contributed by atoms with Crippen LogP contribution in [0.5, 0.6) is 0 Å². The van der Waals surface area contributed by atoms with E-state index in [2.05, 4.69) is 14.8 Å². The molecule has 4 rings (SSSR count). The third kappa shape index (κ3) is 2.72. The van der Waals surface area contributed by atoms with Crippen LogP contribution >= 0.6 is 11.3 Å². The van der Waals surface area contributed by atoms with Gasteiger partial charge in [-0.2, -0.15) is 0 Å². The fourth-order valence-corrected chi connectivity index (χ4v) is 4.57. The van der Waals surface area contributed by atoms with Gasteiger partial charge >= 0.3 is 0 Å². The van der Waals surface area contributed by atoms with Crippen molar-refractivity contribution in [1.29, 1.82) is 0 Å². The Balaban J connectivity index is 1.32. The van der Waals surface area contributed by atoms with Crippen molar-refractivity contribution in [2.24, 2.45) is 17.8 Å². The molecule has 1 aromatic heterocycles. The van der Waals surface area contributed by atoms with Gasteiger partial charge in [-0.05, 0) is 18.3 Å². The average molecular weight is 307 g/mol. The van der Waals surface area contributed by atoms with Crippen molar-refractivity contribution >= 4 is 17.2 Å². The zero-order valence-electron chi connectivity index (χ0n) is 12.1. The summed E-state index contributed by atoms with van der Waals surface area (Å²) in [5.74, 6) is 1.75. The number of fused-ring (bicyclic) bond motifs is 1. The van der Waals surface area contributed by atoms with Gasteiger partial charge in [0.05, 0.1) is 19.1 Å². The molecule has 0 aliphatic carbocycles. The van der Waals surface area contributed by atoms with Crippen LogP contribution in [-0.4, -0.2) is 60.1 Å². The van der Waals surface area contributed by atoms with Gasteiger partial charge in [-0.3, -0.25) is 9.69 Å². The summed E-state index contributed by atoms with van der Waals surface area (Å²) in [6.07, 6.45) is 2.78. The Labute approximate surface area is 128 Å². The van der Waals surface area contributed by atoms with Crippen LogP contribution in [0.25, 0.3) is 0 Å². The summed E-state index contributed by atoms with van der Waals surface area (Å²) in [5, 5.41) is 3.24. The van der Waals surface area contributed by atoms with Gasteiger partial charge in [0.2, 0.25) is 5.91 Å². The van der Waals surface area contributed by atoms with Crippen molar-refractivity contribution in [2.45, 2.75) is 13.0 Å². The Kier molecular flexibility index (Phi) is 3.69. The van der Waals surface area contributed by atoms with Gasteiger partial charge in [-0.1, -0.05) is 0 Å². The predicted molar refractivity (Wildman–Crippen MR) is 79.9 cm³/mol. The fourth-order valence-electron chi connectivity index (χ4n) is 3.91. The lowest BCUT2D eigenvalue weighted by Crippen LogP contribution is -2.37. The van der Waals surface area contributed by atoms with Crippen LogP contribution < -0.4 is 0 Å². The largest absolute Gasteiger partial charge is 0.381 e. The smallest absolute Gasteiger partial charge is 0.228 e. The van der Waals surface area contributed by atoms with E-state index in [4.69, 9.17) is 4.74 Å². The maximum Gasteiger partial charge on any atom is 0.228 e. The van der Waals surface area contributed by atoms with Crippen molar-refractivity contribution in [3.63, 3.8) is 0 Å². The van der Waals surface area contributed by atoms with Gasteiger partial charge in [-0.25, -0.2) is 4.98 Å². The number of thiazole rings is 1. The number of ether oxygens (including phenoxy) is 1. The van der Waals surface area contributed by atoms with Crippen molar-refractivity contribution in [3.05, 3.63) is 16.6 Å². The van der Waals surface area contributed by atoms with Crippen LogP contribution in [0.15, 0.2) is 11.6 Å². The van der Waals surface area contributed by atoms with Crippen LogP contribution in [0, 0.1) is 17.8 Å². The quantitative estimate of drug-likeness (QED) is 0.838. The molecule has 3 atom stereocenters. The highest BCUT2D eigenvalue weighted by atomic mass is 32.1. The maximum absolute atomic E-state index is 12.4. The molecule has 6 heteroatoms. The lowest BCUT2D eigenvalue weighted by atomic mass is 10.0. The van der Waals surface area contributed by atoms with Crippen molar-refractivity contribution < 1.29 is 9.53 Å². The van der Waals surface area contributed by atoms with Crippen LogP contribution in [-0.2, 0) is 16.1 Å².